The summed E-state index contributed by atoms with van der Waals surface area (Å²) in [6.45, 7) is 2.21. The lowest BCUT2D eigenvalue weighted by Gasteiger charge is -2.12. The molecule has 3 nitrogen and oxygen atoms in total. The second-order valence-corrected chi connectivity index (χ2v) is 5.34. The monoisotopic (exact) mass is 289 g/mol. The molecule has 0 atom stereocenters. The Morgan fingerprint density at radius 2 is 2.10 bits per heavy atom. The Kier molecular flexibility index (Phi) is 5.30. The fraction of sp³-hybridized carbons (Fsp3) is 0.312. The first-order valence-electron chi connectivity index (χ1n) is 6.61. The van der Waals surface area contributed by atoms with Gasteiger partial charge in [0.25, 0.3) is 5.91 Å². The van der Waals surface area contributed by atoms with Crippen LogP contribution in [0.1, 0.15) is 25.3 Å². The Labute approximate surface area is 124 Å². The summed E-state index contributed by atoms with van der Waals surface area (Å²) in [7, 11) is 0. The van der Waals surface area contributed by atoms with Gasteiger partial charge in [0.2, 0.25) is 0 Å². The molecule has 0 heterocycles. The summed E-state index contributed by atoms with van der Waals surface area (Å²) in [5.74, 6) is 0.581. The molecule has 20 heavy (non-hydrogen) atoms. The molecular formula is C16H19NO2S. The van der Waals surface area contributed by atoms with E-state index in [1.165, 1.54) is 28.7 Å². The molecule has 0 saturated heterocycles. The predicted molar refractivity (Wildman–Crippen MR) is 84.6 cm³/mol. The van der Waals surface area contributed by atoms with Gasteiger partial charge >= 0.3 is 0 Å². The maximum Gasteiger partial charge on any atom is 0.267 e. The second-order valence-electron chi connectivity index (χ2n) is 4.73. The van der Waals surface area contributed by atoms with Crippen molar-refractivity contribution in [3.63, 3.8) is 0 Å². The molecule has 1 N–H and O–H groups in total. The van der Waals surface area contributed by atoms with Crippen LogP contribution in [0.5, 0.6) is 5.75 Å². The molecule has 0 aliphatic heterocycles. The molecule has 0 saturated carbocycles. The Bertz CT molecular complexity index is 532. The zero-order valence-electron chi connectivity index (χ0n) is 11.8. The molecular weight excluding hydrogens is 270 g/mol. The zero-order valence-corrected chi connectivity index (χ0v) is 12.6. The van der Waals surface area contributed by atoms with Crippen molar-refractivity contribution >= 4 is 23.4 Å². The Morgan fingerprint density at radius 3 is 2.75 bits per heavy atom. The van der Waals surface area contributed by atoms with E-state index in [4.69, 9.17) is 4.74 Å². The third-order valence-corrected chi connectivity index (χ3v) is 3.51. The van der Waals surface area contributed by atoms with Gasteiger partial charge in [-0.15, -0.1) is 0 Å². The second kappa shape index (κ2) is 7.20. The van der Waals surface area contributed by atoms with Crippen molar-refractivity contribution in [2.24, 2.45) is 0 Å². The van der Waals surface area contributed by atoms with Gasteiger partial charge in [-0.1, -0.05) is 41.8 Å². The summed E-state index contributed by atoms with van der Waals surface area (Å²) in [5.41, 5.74) is 3.86. The van der Waals surface area contributed by atoms with Gasteiger partial charge < -0.3 is 4.74 Å². The number of benzene rings is 1. The van der Waals surface area contributed by atoms with Crippen LogP contribution in [0, 0.1) is 0 Å². The van der Waals surface area contributed by atoms with Crippen molar-refractivity contribution in [3.8, 4) is 5.75 Å². The van der Waals surface area contributed by atoms with Gasteiger partial charge in [-0.2, -0.15) is 0 Å². The van der Waals surface area contributed by atoms with E-state index >= 15 is 0 Å². The van der Waals surface area contributed by atoms with Crippen molar-refractivity contribution in [2.45, 2.75) is 19.8 Å². The number of nitrogens with one attached hydrogen (secondary N) is 1. The lowest BCUT2D eigenvalue weighted by molar-refractivity contribution is -0.121. The molecule has 0 fully saturated rings. The van der Waals surface area contributed by atoms with Crippen molar-refractivity contribution in [2.75, 3.05) is 12.9 Å². The molecule has 0 radical (unpaired) electrons. The Morgan fingerprint density at radius 1 is 1.35 bits per heavy atom. The van der Waals surface area contributed by atoms with E-state index in [0.29, 0.717) is 5.75 Å². The van der Waals surface area contributed by atoms with Crippen LogP contribution in [-0.4, -0.2) is 18.8 Å². The fourth-order valence-electron chi connectivity index (χ4n) is 2.09. The number of hydrogen-bond donors (Lipinski definition) is 1. The summed E-state index contributed by atoms with van der Waals surface area (Å²) in [4.78, 5) is 11.3. The lowest BCUT2D eigenvalue weighted by Crippen LogP contribution is -2.22. The first-order valence-corrected chi connectivity index (χ1v) is 7.84. The van der Waals surface area contributed by atoms with Crippen LogP contribution in [-0.2, 0) is 4.79 Å². The minimum absolute atomic E-state index is 0.0435. The van der Waals surface area contributed by atoms with Crippen LogP contribution < -0.4 is 9.46 Å². The fourth-order valence-corrected chi connectivity index (χ4v) is 2.38. The van der Waals surface area contributed by atoms with Crippen LogP contribution in [0.2, 0.25) is 0 Å². The van der Waals surface area contributed by atoms with Crippen molar-refractivity contribution in [1.29, 1.82) is 0 Å². The smallest absolute Gasteiger partial charge is 0.267 e. The SMILES string of the molecule is CSNC(=O)COc1ccc(C2=CCCC(C)=C2)cc1. The average molecular weight is 289 g/mol. The van der Waals surface area contributed by atoms with E-state index in [1.807, 2.05) is 24.3 Å². The largest absolute Gasteiger partial charge is 0.484 e. The van der Waals surface area contributed by atoms with Gasteiger partial charge in [0, 0.05) is 6.26 Å². The van der Waals surface area contributed by atoms with E-state index in [9.17, 15) is 4.79 Å². The molecule has 106 valence electrons. The van der Waals surface area contributed by atoms with Gasteiger partial charge in [0.1, 0.15) is 5.75 Å². The molecule has 1 aromatic carbocycles. The summed E-state index contributed by atoms with van der Waals surface area (Å²) in [5, 5.41) is 0. The Hall–Kier alpha value is -1.68. The van der Waals surface area contributed by atoms with E-state index in [2.05, 4.69) is 23.8 Å². The molecule has 1 amide bonds. The minimum Gasteiger partial charge on any atom is -0.484 e. The third-order valence-electron chi connectivity index (χ3n) is 3.08. The van der Waals surface area contributed by atoms with Gasteiger partial charge in [-0.05, 0) is 43.0 Å². The first kappa shape index (κ1) is 14.7. The van der Waals surface area contributed by atoms with Crippen molar-refractivity contribution < 1.29 is 9.53 Å². The third kappa shape index (κ3) is 4.17. The molecule has 0 spiro atoms. The van der Waals surface area contributed by atoms with Crippen molar-refractivity contribution in [3.05, 3.63) is 47.6 Å². The number of allylic oxidation sites excluding steroid dienone is 4. The quantitative estimate of drug-likeness (QED) is 0.842. The van der Waals surface area contributed by atoms with Gasteiger partial charge in [0.05, 0.1) is 0 Å². The average Bonchev–Trinajstić information content (AvgIpc) is 2.46. The number of hydrogen-bond acceptors (Lipinski definition) is 3. The zero-order chi connectivity index (χ0) is 14.4. The summed E-state index contributed by atoms with van der Waals surface area (Å²) < 4.78 is 8.04. The highest BCUT2D eigenvalue weighted by molar-refractivity contribution is 7.97. The van der Waals surface area contributed by atoms with Crippen LogP contribution in [0.15, 0.2) is 42.0 Å². The van der Waals surface area contributed by atoms with Crippen LogP contribution in [0.3, 0.4) is 0 Å². The summed E-state index contributed by atoms with van der Waals surface area (Å²) in [6.07, 6.45) is 8.54. The predicted octanol–water partition coefficient (Wildman–Crippen LogP) is 3.58. The highest BCUT2D eigenvalue weighted by Gasteiger charge is 2.05. The van der Waals surface area contributed by atoms with Crippen molar-refractivity contribution in [1.82, 2.24) is 4.72 Å². The van der Waals surface area contributed by atoms with Crippen LogP contribution in [0.4, 0.5) is 0 Å². The summed E-state index contributed by atoms with van der Waals surface area (Å²) >= 11 is 1.27. The number of ether oxygens (including phenoxy) is 1. The highest BCUT2D eigenvalue weighted by atomic mass is 32.2. The molecule has 2 rings (SSSR count). The molecule has 0 aromatic heterocycles. The van der Waals surface area contributed by atoms with E-state index in [1.54, 1.807) is 6.26 Å². The van der Waals surface area contributed by atoms with E-state index < -0.39 is 0 Å². The normalized spacial score (nSPS) is 14.3. The van der Waals surface area contributed by atoms with Gasteiger partial charge in [-0.25, -0.2) is 0 Å². The first-order chi connectivity index (χ1) is 9.69. The molecule has 1 aliphatic rings. The Balaban J connectivity index is 1.96. The molecule has 1 aliphatic carbocycles. The molecule has 4 heteroatoms. The summed E-state index contributed by atoms with van der Waals surface area (Å²) in [6, 6.07) is 7.87. The van der Waals surface area contributed by atoms with Gasteiger partial charge in [0.15, 0.2) is 6.61 Å². The number of carbonyl (C=O) groups excluding carboxylic acids is 1. The van der Waals surface area contributed by atoms with Crippen LogP contribution in [0.25, 0.3) is 5.57 Å². The van der Waals surface area contributed by atoms with E-state index in [0.717, 1.165) is 12.8 Å². The molecule has 0 unspecified atom stereocenters. The van der Waals surface area contributed by atoms with Crippen LogP contribution >= 0.6 is 11.9 Å². The lowest BCUT2D eigenvalue weighted by atomic mass is 9.95. The van der Waals surface area contributed by atoms with Gasteiger partial charge in [-0.3, -0.25) is 9.52 Å². The maximum atomic E-state index is 11.3. The standard InChI is InChI=1S/C16H19NO2S/c1-12-4-3-5-14(10-12)13-6-8-15(9-7-13)19-11-16(18)17-20-2/h5-10H,3-4,11H2,1-2H3,(H,17,18). The topological polar surface area (TPSA) is 38.3 Å². The number of amides is 1. The highest BCUT2D eigenvalue weighted by Crippen LogP contribution is 2.26. The van der Waals surface area contributed by atoms with E-state index in [-0.39, 0.29) is 12.5 Å². The number of rotatable bonds is 5. The number of carbonyl (C=O) groups is 1. The molecule has 1 aromatic rings. The molecule has 0 bridgehead atoms. The minimum atomic E-state index is -0.130. The maximum absolute atomic E-state index is 11.3.